The van der Waals surface area contributed by atoms with Crippen LogP contribution in [0.5, 0.6) is 0 Å². The first kappa shape index (κ1) is 13.6. The van der Waals surface area contributed by atoms with E-state index in [-0.39, 0.29) is 0 Å². The van der Waals surface area contributed by atoms with Gasteiger partial charge in [-0.2, -0.15) is 0 Å². The minimum absolute atomic E-state index is 0.761. The molecule has 1 aliphatic heterocycles. The van der Waals surface area contributed by atoms with Gasteiger partial charge in [0.1, 0.15) is 0 Å². The van der Waals surface area contributed by atoms with Gasteiger partial charge in [-0.3, -0.25) is 0 Å². The predicted octanol–water partition coefficient (Wildman–Crippen LogP) is 4.19. The molecule has 1 aromatic rings. The van der Waals surface area contributed by atoms with Gasteiger partial charge < -0.3 is 4.90 Å². The Hall–Kier alpha value is -0.820. The minimum Gasteiger partial charge on any atom is -0.300 e. The summed E-state index contributed by atoms with van der Waals surface area (Å²) in [6, 6.07) is 9.80. The third-order valence-corrected chi connectivity index (χ3v) is 4.08. The Morgan fingerprint density at radius 2 is 1.94 bits per heavy atom. The molecule has 1 heterocycles. The van der Waals surface area contributed by atoms with Gasteiger partial charge >= 0.3 is 0 Å². The average molecular weight is 245 g/mol. The number of rotatable bonds is 5. The number of hydrogen-bond donors (Lipinski definition) is 0. The lowest BCUT2D eigenvalue weighted by Crippen LogP contribution is -2.40. The van der Waals surface area contributed by atoms with Gasteiger partial charge in [-0.15, -0.1) is 0 Å². The first-order valence-corrected chi connectivity index (χ1v) is 7.59. The number of piperidine rings is 1. The first-order valence-electron chi connectivity index (χ1n) is 7.59. The fourth-order valence-corrected chi connectivity index (χ4v) is 3.14. The van der Waals surface area contributed by atoms with Gasteiger partial charge in [-0.1, -0.05) is 49.6 Å². The lowest BCUT2D eigenvalue weighted by atomic mass is 9.97. The highest BCUT2D eigenvalue weighted by molar-refractivity contribution is 5.23. The summed E-state index contributed by atoms with van der Waals surface area (Å²) in [6.07, 6.45) is 8.10. The summed E-state index contributed by atoms with van der Waals surface area (Å²) in [5.74, 6) is 0. The topological polar surface area (TPSA) is 3.24 Å². The highest BCUT2D eigenvalue weighted by Crippen LogP contribution is 2.19. The van der Waals surface area contributed by atoms with Crippen LogP contribution in [0.15, 0.2) is 24.3 Å². The van der Waals surface area contributed by atoms with Crippen molar-refractivity contribution in [2.45, 2.75) is 58.4 Å². The van der Waals surface area contributed by atoms with Crippen molar-refractivity contribution in [1.29, 1.82) is 0 Å². The van der Waals surface area contributed by atoms with E-state index in [4.69, 9.17) is 0 Å². The molecule has 1 aliphatic rings. The molecule has 0 saturated carbocycles. The molecule has 2 rings (SSSR count). The molecule has 1 saturated heterocycles. The zero-order valence-corrected chi connectivity index (χ0v) is 12.0. The number of aryl methyl sites for hydroxylation is 1. The van der Waals surface area contributed by atoms with E-state index in [0.717, 1.165) is 6.04 Å². The van der Waals surface area contributed by atoms with Crippen molar-refractivity contribution in [2.75, 3.05) is 13.1 Å². The maximum absolute atomic E-state index is 2.73. The Morgan fingerprint density at radius 1 is 1.17 bits per heavy atom. The summed E-state index contributed by atoms with van der Waals surface area (Å²) in [5, 5.41) is 0. The highest BCUT2D eigenvalue weighted by atomic mass is 15.2. The van der Waals surface area contributed by atoms with Crippen LogP contribution in [-0.2, 0) is 6.42 Å². The molecule has 1 unspecified atom stereocenters. The summed E-state index contributed by atoms with van der Waals surface area (Å²) < 4.78 is 0. The minimum atomic E-state index is 0.761. The molecule has 0 aromatic heterocycles. The SMILES string of the molecule is CCCC(Cc1cccc(C)c1)N1CCCCC1. The molecule has 1 atom stereocenters. The van der Waals surface area contributed by atoms with Gasteiger partial charge in [-0.25, -0.2) is 0 Å². The van der Waals surface area contributed by atoms with Crippen LogP contribution in [0.4, 0.5) is 0 Å². The Labute approximate surface area is 112 Å². The van der Waals surface area contributed by atoms with E-state index in [0.29, 0.717) is 0 Å². The van der Waals surface area contributed by atoms with Crippen LogP contribution in [-0.4, -0.2) is 24.0 Å². The van der Waals surface area contributed by atoms with Crippen LogP contribution in [0, 0.1) is 6.92 Å². The van der Waals surface area contributed by atoms with E-state index in [1.165, 1.54) is 62.7 Å². The van der Waals surface area contributed by atoms with Crippen molar-refractivity contribution in [3.63, 3.8) is 0 Å². The quantitative estimate of drug-likeness (QED) is 0.752. The molecule has 0 bridgehead atoms. The monoisotopic (exact) mass is 245 g/mol. The zero-order valence-electron chi connectivity index (χ0n) is 12.0. The second kappa shape index (κ2) is 6.94. The molecule has 1 nitrogen and oxygen atoms in total. The van der Waals surface area contributed by atoms with Crippen LogP contribution in [0.1, 0.15) is 50.2 Å². The molecule has 1 aromatic carbocycles. The van der Waals surface area contributed by atoms with Crippen LogP contribution in [0.25, 0.3) is 0 Å². The van der Waals surface area contributed by atoms with E-state index in [9.17, 15) is 0 Å². The lowest BCUT2D eigenvalue weighted by Gasteiger charge is -2.34. The van der Waals surface area contributed by atoms with Crippen molar-refractivity contribution >= 4 is 0 Å². The number of benzene rings is 1. The summed E-state index contributed by atoms with van der Waals surface area (Å²) in [6.45, 7) is 7.14. The fraction of sp³-hybridized carbons (Fsp3) is 0.647. The predicted molar refractivity (Wildman–Crippen MR) is 79.0 cm³/mol. The number of likely N-dealkylation sites (tertiary alicyclic amines) is 1. The molecule has 0 spiro atoms. The number of hydrogen-bond acceptors (Lipinski definition) is 1. The summed E-state index contributed by atoms with van der Waals surface area (Å²) in [4.78, 5) is 2.73. The van der Waals surface area contributed by atoms with Crippen LogP contribution >= 0.6 is 0 Å². The zero-order chi connectivity index (χ0) is 12.8. The molecule has 0 radical (unpaired) electrons. The van der Waals surface area contributed by atoms with Gasteiger partial charge in [0, 0.05) is 6.04 Å². The second-order valence-corrected chi connectivity index (χ2v) is 5.73. The molecule has 100 valence electrons. The molecular weight excluding hydrogens is 218 g/mol. The molecule has 0 aliphatic carbocycles. The van der Waals surface area contributed by atoms with Crippen molar-refractivity contribution in [3.8, 4) is 0 Å². The average Bonchev–Trinajstić information content (AvgIpc) is 2.39. The smallest absolute Gasteiger partial charge is 0.0136 e. The Bertz CT molecular complexity index is 352. The van der Waals surface area contributed by atoms with E-state index in [1.807, 2.05) is 0 Å². The van der Waals surface area contributed by atoms with E-state index >= 15 is 0 Å². The van der Waals surface area contributed by atoms with Crippen molar-refractivity contribution in [1.82, 2.24) is 4.90 Å². The Kier molecular flexibility index (Phi) is 5.25. The van der Waals surface area contributed by atoms with Crippen LogP contribution in [0.2, 0.25) is 0 Å². The van der Waals surface area contributed by atoms with Gasteiger partial charge in [0.15, 0.2) is 0 Å². The normalized spacial score (nSPS) is 18.8. The van der Waals surface area contributed by atoms with Gasteiger partial charge in [0.05, 0.1) is 0 Å². The van der Waals surface area contributed by atoms with E-state index in [2.05, 4.69) is 43.0 Å². The maximum atomic E-state index is 2.73. The summed E-state index contributed by atoms with van der Waals surface area (Å²) >= 11 is 0. The van der Waals surface area contributed by atoms with Crippen molar-refractivity contribution in [2.24, 2.45) is 0 Å². The van der Waals surface area contributed by atoms with Gasteiger partial charge in [-0.05, 0) is 51.3 Å². The third kappa shape index (κ3) is 3.84. The van der Waals surface area contributed by atoms with E-state index in [1.54, 1.807) is 0 Å². The Balaban J connectivity index is 2.00. The molecule has 0 N–H and O–H groups in total. The number of nitrogens with zero attached hydrogens (tertiary/aromatic N) is 1. The van der Waals surface area contributed by atoms with Gasteiger partial charge in [0.25, 0.3) is 0 Å². The second-order valence-electron chi connectivity index (χ2n) is 5.73. The fourth-order valence-electron chi connectivity index (χ4n) is 3.14. The molecule has 18 heavy (non-hydrogen) atoms. The van der Waals surface area contributed by atoms with E-state index < -0.39 is 0 Å². The summed E-state index contributed by atoms with van der Waals surface area (Å²) in [7, 11) is 0. The van der Waals surface area contributed by atoms with Crippen molar-refractivity contribution < 1.29 is 0 Å². The van der Waals surface area contributed by atoms with Gasteiger partial charge in [0.2, 0.25) is 0 Å². The van der Waals surface area contributed by atoms with Crippen LogP contribution < -0.4 is 0 Å². The Morgan fingerprint density at radius 3 is 2.61 bits per heavy atom. The highest BCUT2D eigenvalue weighted by Gasteiger charge is 2.20. The maximum Gasteiger partial charge on any atom is 0.0136 e. The van der Waals surface area contributed by atoms with Crippen LogP contribution in [0.3, 0.4) is 0 Å². The molecule has 0 amide bonds. The lowest BCUT2D eigenvalue weighted by molar-refractivity contribution is 0.153. The summed E-state index contributed by atoms with van der Waals surface area (Å²) in [5.41, 5.74) is 2.90. The first-order chi connectivity index (χ1) is 8.79. The third-order valence-electron chi connectivity index (χ3n) is 4.08. The van der Waals surface area contributed by atoms with Crippen molar-refractivity contribution in [3.05, 3.63) is 35.4 Å². The molecule has 1 heteroatoms. The molecular formula is C17H27N. The largest absolute Gasteiger partial charge is 0.300 e. The molecule has 1 fully saturated rings. The standard InChI is InChI=1S/C17H27N/c1-3-8-17(18-11-5-4-6-12-18)14-16-10-7-9-15(2)13-16/h7,9-10,13,17H,3-6,8,11-12,14H2,1-2H3.